The Morgan fingerprint density at radius 3 is 2.36 bits per heavy atom. The quantitative estimate of drug-likeness (QED) is 0.321. The molecule has 1 rings (SSSR count). The lowest BCUT2D eigenvalue weighted by atomic mass is 10.1. The van der Waals surface area contributed by atoms with Crippen molar-refractivity contribution < 1.29 is 14.7 Å². The van der Waals surface area contributed by atoms with Gasteiger partial charge in [0.2, 0.25) is 0 Å². The van der Waals surface area contributed by atoms with Crippen LogP contribution in [-0.4, -0.2) is 28.5 Å². The fourth-order valence-corrected chi connectivity index (χ4v) is 0.938. The summed E-state index contributed by atoms with van der Waals surface area (Å²) in [6, 6.07) is 8.40. The summed E-state index contributed by atoms with van der Waals surface area (Å²) in [5.74, 6) is 4.74. The number of amides is 1. The third kappa shape index (κ3) is 2.56. The molecule has 0 bridgehead atoms. The van der Waals surface area contributed by atoms with Crippen LogP contribution in [0.1, 0.15) is 10.4 Å². The van der Waals surface area contributed by atoms with Crippen LogP contribution < -0.4 is 5.84 Å². The van der Waals surface area contributed by atoms with E-state index in [0.29, 0.717) is 10.6 Å². The summed E-state index contributed by atoms with van der Waals surface area (Å²) in [5, 5.41) is 8.88. The van der Waals surface area contributed by atoms with Crippen molar-refractivity contribution in [1.82, 2.24) is 5.01 Å². The summed E-state index contributed by atoms with van der Waals surface area (Å²) in [6.45, 7) is -0.334. The normalized spacial score (nSPS) is 9.50. The molecule has 0 heterocycles. The summed E-state index contributed by atoms with van der Waals surface area (Å²) in [6.07, 6.45) is -1.32. The molecular weight excluding hydrogens is 184 g/mol. The molecule has 0 aliphatic heterocycles. The molecule has 74 valence electrons. The number of ketones is 1. The number of carboxylic acid groups (broad SMARTS) is 1. The van der Waals surface area contributed by atoms with E-state index < -0.39 is 6.09 Å². The smallest absolute Gasteiger partial charge is 0.422 e. The number of hydrogen-bond acceptors (Lipinski definition) is 3. The lowest BCUT2D eigenvalue weighted by Crippen LogP contribution is -2.40. The molecule has 5 nitrogen and oxygen atoms in total. The van der Waals surface area contributed by atoms with Crippen LogP contribution in [0, 0.1) is 0 Å². The molecule has 0 spiro atoms. The first kappa shape index (κ1) is 10.2. The number of hydrazine groups is 1. The van der Waals surface area contributed by atoms with Gasteiger partial charge in [-0.15, -0.1) is 0 Å². The monoisotopic (exact) mass is 194 g/mol. The number of hydrogen-bond donors (Lipinski definition) is 2. The topological polar surface area (TPSA) is 83.6 Å². The van der Waals surface area contributed by atoms with Crippen molar-refractivity contribution in [2.75, 3.05) is 6.54 Å². The maximum absolute atomic E-state index is 11.4. The van der Waals surface area contributed by atoms with Crippen molar-refractivity contribution in [2.24, 2.45) is 5.84 Å². The Kier molecular flexibility index (Phi) is 3.19. The van der Waals surface area contributed by atoms with Crippen LogP contribution in [0.2, 0.25) is 0 Å². The van der Waals surface area contributed by atoms with Gasteiger partial charge in [-0.3, -0.25) is 4.79 Å². The van der Waals surface area contributed by atoms with E-state index in [1.165, 1.54) is 0 Å². The lowest BCUT2D eigenvalue weighted by molar-refractivity contribution is 0.0909. The maximum Gasteiger partial charge on any atom is 0.422 e. The molecule has 0 aromatic heterocycles. The Morgan fingerprint density at radius 1 is 1.29 bits per heavy atom. The van der Waals surface area contributed by atoms with Gasteiger partial charge in [-0.1, -0.05) is 30.3 Å². The Morgan fingerprint density at radius 2 is 1.86 bits per heavy atom. The molecule has 5 heteroatoms. The van der Waals surface area contributed by atoms with E-state index in [4.69, 9.17) is 10.9 Å². The number of benzene rings is 1. The molecule has 3 N–H and O–H groups in total. The summed E-state index contributed by atoms with van der Waals surface area (Å²) in [7, 11) is 0. The molecule has 0 atom stereocenters. The maximum atomic E-state index is 11.4. The first-order chi connectivity index (χ1) is 6.61. The highest BCUT2D eigenvalue weighted by Gasteiger charge is 2.12. The minimum Gasteiger partial charge on any atom is -0.464 e. The number of nitrogens with two attached hydrogens (primary N) is 1. The van der Waals surface area contributed by atoms with E-state index in [1.807, 2.05) is 0 Å². The fraction of sp³-hybridized carbons (Fsp3) is 0.111. The molecule has 0 unspecified atom stereocenters. The summed E-state index contributed by atoms with van der Waals surface area (Å²) < 4.78 is 0. The lowest BCUT2D eigenvalue weighted by Gasteiger charge is -2.10. The molecule has 1 aromatic carbocycles. The van der Waals surface area contributed by atoms with Crippen molar-refractivity contribution in [3.8, 4) is 0 Å². The molecular formula is C9H10N2O3. The second-order valence-electron chi connectivity index (χ2n) is 2.70. The zero-order valence-electron chi connectivity index (χ0n) is 7.38. The van der Waals surface area contributed by atoms with Crippen LogP contribution >= 0.6 is 0 Å². The molecule has 0 aliphatic carbocycles. The first-order valence-electron chi connectivity index (χ1n) is 3.94. The van der Waals surface area contributed by atoms with Crippen LogP contribution in [0.5, 0.6) is 0 Å². The van der Waals surface area contributed by atoms with E-state index in [2.05, 4.69) is 0 Å². The summed E-state index contributed by atoms with van der Waals surface area (Å²) >= 11 is 0. The second-order valence-corrected chi connectivity index (χ2v) is 2.70. The minimum absolute atomic E-state index is 0.324. The zero-order chi connectivity index (χ0) is 10.6. The standard InChI is InChI=1S/C9H10N2O3/c10-11(9(13)14)6-8(12)7-4-2-1-3-5-7/h1-5H,6,10H2,(H,13,14). The predicted octanol–water partition coefficient (Wildman–Crippen LogP) is 0.723. The molecule has 1 amide bonds. The molecule has 0 fully saturated rings. The molecule has 1 aromatic rings. The van der Waals surface area contributed by atoms with Gasteiger partial charge in [0.05, 0.1) is 0 Å². The predicted molar refractivity (Wildman–Crippen MR) is 49.7 cm³/mol. The van der Waals surface area contributed by atoms with E-state index in [0.717, 1.165) is 0 Å². The van der Waals surface area contributed by atoms with Gasteiger partial charge in [0, 0.05) is 5.56 Å². The third-order valence-corrected chi connectivity index (χ3v) is 1.66. The largest absolute Gasteiger partial charge is 0.464 e. The Balaban J connectivity index is 2.64. The van der Waals surface area contributed by atoms with Gasteiger partial charge in [0.1, 0.15) is 6.54 Å². The Bertz CT molecular complexity index is 337. The Hall–Kier alpha value is -1.88. The van der Waals surface area contributed by atoms with E-state index in [1.54, 1.807) is 30.3 Å². The molecule has 0 saturated carbocycles. The SMILES string of the molecule is NN(CC(=O)c1ccccc1)C(=O)O. The first-order valence-corrected chi connectivity index (χ1v) is 3.94. The third-order valence-electron chi connectivity index (χ3n) is 1.66. The molecule has 0 aliphatic rings. The number of carbonyl (C=O) groups excluding carboxylic acids is 1. The molecule has 0 radical (unpaired) electrons. The zero-order valence-corrected chi connectivity index (χ0v) is 7.38. The summed E-state index contributed by atoms with van der Waals surface area (Å²) in [4.78, 5) is 21.7. The van der Waals surface area contributed by atoms with Gasteiger partial charge >= 0.3 is 6.09 Å². The van der Waals surface area contributed by atoms with Gasteiger partial charge in [-0.25, -0.2) is 15.6 Å². The van der Waals surface area contributed by atoms with Crippen molar-refractivity contribution in [3.05, 3.63) is 35.9 Å². The number of Topliss-reactive ketones (excluding diaryl/α,β-unsaturated/α-hetero) is 1. The van der Waals surface area contributed by atoms with Crippen LogP contribution in [-0.2, 0) is 0 Å². The van der Waals surface area contributed by atoms with E-state index in [9.17, 15) is 9.59 Å². The second kappa shape index (κ2) is 4.38. The minimum atomic E-state index is -1.32. The van der Waals surface area contributed by atoms with Crippen LogP contribution in [0.4, 0.5) is 4.79 Å². The van der Waals surface area contributed by atoms with Crippen molar-refractivity contribution in [3.63, 3.8) is 0 Å². The Labute approximate surface area is 80.7 Å². The average molecular weight is 194 g/mol. The van der Waals surface area contributed by atoms with Crippen molar-refractivity contribution >= 4 is 11.9 Å². The number of rotatable bonds is 3. The van der Waals surface area contributed by atoms with Crippen LogP contribution in [0.15, 0.2) is 30.3 Å². The van der Waals surface area contributed by atoms with E-state index >= 15 is 0 Å². The summed E-state index contributed by atoms with van der Waals surface area (Å²) in [5.41, 5.74) is 0.448. The van der Waals surface area contributed by atoms with Crippen molar-refractivity contribution in [1.29, 1.82) is 0 Å². The fourth-order valence-electron chi connectivity index (χ4n) is 0.938. The van der Waals surface area contributed by atoms with E-state index in [-0.39, 0.29) is 12.3 Å². The highest BCUT2D eigenvalue weighted by Crippen LogP contribution is 2.00. The molecule has 14 heavy (non-hydrogen) atoms. The number of nitrogens with zero attached hydrogens (tertiary/aromatic N) is 1. The highest BCUT2D eigenvalue weighted by molar-refractivity contribution is 5.98. The van der Waals surface area contributed by atoms with Gasteiger partial charge in [-0.2, -0.15) is 0 Å². The van der Waals surface area contributed by atoms with Gasteiger partial charge in [0.25, 0.3) is 0 Å². The van der Waals surface area contributed by atoms with Crippen LogP contribution in [0.25, 0.3) is 0 Å². The number of carbonyl (C=O) groups is 2. The van der Waals surface area contributed by atoms with Crippen molar-refractivity contribution in [2.45, 2.75) is 0 Å². The van der Waals surface area contributed by atoms with Gasteiger partial charge in [0.15, 0.2) is 5.78 Å². The average Bonchev–Trinajstić information content (AvgIpc) is 2.19. The highest BCUT2D eigenvalue weighted by atomic mass is 16.4. The van der Waals surface area contributed by atoms with Gasteiger partial charge < -0.3 is 5.11 Å². The molecule has 0 saturated heterocycles. The van der Waals surface area contributed by atoms with Crippen LogP contribution in [0.3, 0.4) is 0 Å². The van der Waals surface area contributed by atoms with Gasteiger partial charge in [-0.05, 0) is 0 Å².